The average Bonchev–Trinajstić information content (AvgIpc) is 3.24. The van der Waals surface area contributed by atoms with E-state index in [1.54, 1.807) is 6.07 Å². The van der Waals surface area contributed by atoms with Crippen LogP contribution in [0.15, 0.2) is 17.0 Å². The summed E-state index contributed by atoms with van der Waals surface area (Å²) in [6.45, 7) is 5.54. The van der Waals surface area contributed by atoms with E-state index in [4.69, 9.17) is 0 Å². The highest BCUT2D eigenvalue weighted by Crippen LogP contribution is 2.34. The summed E-state index contributed by atoms with van der Waals surface area (Å²) in [5.41, 5.74) is 2.27. The van der Waals surface area contributed by atoms with Gasteiger partial charge in [0.05, 0.1) is 11.5 Å². The predicted molar refractivity (Wildman–Crippen MR) is 83.6 cm³/mol. The van der Waals surface area contributed by atoms with E-state index in [0.29, 0.717) is 16.4 Å². The molecule has 2 rings (SSSR count). The van der Waals surface area contributed by atoms with Gasteiger partial charge in [-0.2, -0.15) is 0 Å². The van der Waals surface area contributed by atoms with Gasteiger partial charge in [-0.05, 0) is 55.4 Å². The molecule has 0 bridgehead atoms. The largest absolute Gasteiger partial charge is 0.392 e. The van der Waals surface area contributed by atoms with Crippen LogP contribution in [-0.4, -0.2) is 19.6 Å². The zero-order valence-electron chi connectivity index (χ0n) is 13.0. The van der Waals surface area contributed by atoms with Gasteiger partial charge in [-0.15, -0.1) is 0 Å². The van der Waals surface area contributed by atoms with Gasteiger partial charge in [-0.3, -0.25) is 0 Å². The molecule has 21 heavy (non-hydrogen) atoms. The van der Waals surface area contributed by atoms with Crippen molar-refractivity contribution in [3.63, 3.8) is 0 Å². The second kappa shape index (κ2) is 6.46. The van der Waals surface area contributed by atoms with Gasteiger partial charge in [-0.1, -0.05) is 25.8 Å². The monoisotopic (exact) mass is 311 g/mol. The SMILES string of the molecule is CCC(CC1CC1)NS(=O)(=O)c1cc(CO)cc(C)c1C. The number of nitrogens with one attached hydrogen (secondary N) is 1. The summed E-state index contributed by atoms with van der Waals surface area (Å²) in [5.74, 6) is 0.684. The lowest BCUT2D eigenvalue weighted by molar-refractivity contribution is 0.281. The molecule has 0 spiro atoms. The van der Waals surface area contributed by atoms with Crippen LogP contribution in [0.5, 0.6) is 0 Å². The quantitative estimate of drug-likeness (QED) is 0.813. The summed E-state index contributed by atoms with van der Waals surface area (Å²) in [6.07, 6.45) is 4.16. The van der Waals surface area contributed by atoms with E-state index in [2.05, 4.69) is 4.72 Å². The molecule has 0 amide bonds. The fraction of sp³-hybridized carbons (Fsp3) is 0.625. The molecule has 1 saturated carbocycles. The van der Waals surface area contributed by atoms with E-state index in [-0.39, 0.29) is 12.6 Å². The summed E-state index contributed by atoms with van der Waals surface area (Å²) in [7, 11) is -3.54. The first kappa shape index (κ1) is 16.5. The molecule has 0 radical (unpaired) electrons. The number of hydrogen-bond acceptors (Lipinski definition) is 3. The third kappa shape index (κ3) is 4.05. The van der Waals surface area contributed by atoms with Crippen LogP contribution in [0.2, 0.25) is 0 Å². The minimum absolute atomic E-state index is 0.0000104. The fourth-order valence-corrected chi connectivity index (χ4v) is 4.31. The summed E-state index contributed by atoms with van der Waals surface area (Å²) < 4.78 is 28.1. The maximum Gasteiger partial charge on any atom is 0.241 e. The van der Waals surface area contributed by atoms with Crippen molar-refractivity contribution in [1.29, 1.82) is 0 Å². The molecular weight excluding hydrogens is 286 g/mol. The van der Waals surface area contributed by atoms with Crippen molar-refractivity contribution in [2.24, 2.45) is 5.92 Å². The first-order valence-electron chi connectivity index (χ1n) is 7.60. The Labute approximate surface area is 127 Å². The lowest BCUT2D eigenvalue weighted by atomic mass is 10.1. The first-order chi connectivity index (χ1) is 9.87. The Kier molecular flexibility index (Phi) is 5.07. The van der Waals surface area contributed by atoms with E-state index in [9.17, 15) is 13.5 Å². The van der Waals surface area contributed by atoms with Crippen LogP contribution in [0.4, 0.5) is 0 Å². The molecule has 118 valence electrons. The van der Waals surface area contributed by atoms with Gasteiger partial charge in [0.15, 0.2) is 0 Å². The molecule has 0 saturated heterocycles. The Hall–Kier alpha value is -0.910. The molecule has 1 aromatic carbocycles. The maximum absolute atomic E-state index is 12.7. The zero-order valence-corrected chi connectivity index (χ0v) is 13.8. The summed E-state index contributed by atoms with van der Waals surface area (Å²) in [5, 5.41) is 9.28. The van der Waals surface area contributed by atoms with Gasteiger partial charge in [0, 0.05) is 6.04 Å². The Bertz CT molecular complexity index is 606. The maximum atomic E-state index is 12.7. The third-order valence-corrected chi connectivity index (χ3v) is 5.93. The number of benzene rings is 1. The topological polar surface area (TPSA) is 66.4 Å². The van der Waals surface area contributed by atoms with Gasteiger partial charge in [0.25, 0.3) is 0 Å². The van der Waals surface area contributed by atoms with Crippen LogP contribution in [0.3, 0.4) is 0 Å². The lowest BCUT2D eigenvalue weighted by Gasteiger charge is -2.19. The minimum Gasteiger partial charge on any atom is -0.392 e. The third-order valence-electron chi connectivity index (χ3n) is 4.28. The smallest absolute Gasteiger partial charge is 0.241 e. The van der Waals surface area contributed by atoms with Gasteiger partial charge >= 0.3 is 0 Å². The summed E-state index contributed by atoms with van der Waals surface area (Å²) >= 11 is 0. The first-order valence-corrected chi connectivity index (χ1v) is 9.09. The van der Waals surface area contributed by atoms with Crippen molar-refractivity contribution in [3.8, 4) is 0 Å². The molecule has 1 unspecified atom stereocenters. The Morgan fingerprint density at radius 3 is 2.52 bits per heavy atom. The normalized spacial score (nSPS) is 17.0. The van der Waals surface area contributed by atoms with Crippen LogP contribution < -0.4 is 4.72 Å². The van der Waals surface area contributed by atoms with Crippen LogP contribution >= 0.6 is 0 Å². The second-order valence-electron chi connectivity index (χ2n) is 6.10. The van der Waals surface area contributed by atoms with Crippen LogP contribution in [0, 0.1) is 19.8 Å². The second-order valence-corrected chi connectivity index (χ2v) is 7.78. The highest BCUT2D eigenvalue weighted by atomic mass is 32.2. The van der Waals surface area contributed by atoms with Crippen LogP contribution in [0.1, 0.15) is 49.3 Å². The molecular formula is C16H25NO3S. The molecule has 1 aliphatic carbocycles. The lowest BCUT2D eigenvalue weighted by Crippen LogP contribution is -2.35. The molecule has 1 fully saturated rings. The molecule has 1 atom stereocenters. The molecule has 0 aliphatic heterocycles. The van der Waals surface area contributed by atoms with Crippen LogP contribution in [-0.2, 0) is 16.6 Å². The summed E-state index contributed by atoms with van der Waals surface area (Å²) in [4.78, 5) is 0.292. The Morgan fingerprint density at radius 1 is 1.33 bits per heavy atom. The zero-order chi connectivity index (χ0) is 15.6. The molecule has 1 aliphatic rings. The van der Waals surface area contributed by atoms with Gasteiger partial charge in [0.1, 0.15) is 0 Å². The molecule has 2 N–H and O–H groups in total. The van der Waals surface area contributed by atoms with Crippen molar-refractivity contribution < 1.29 is 13.5 Å². The fourth-order valence-electron chi connectivity index (χ4n) is 2.61. The number of aliphatic hydroxyl groups is 1. The standard InChI is InChI=1S/C16H25NO3S/c1-4-15(8-13-5-6-13)17-21(19,20)16-9-14(10-18)7-11(2)12(16)3/h7,9,13,15,17-18H,4-6,8,10H2,1-3H3. The van der Waals surface area contributed by atoms with E-state index >= 15 is 0 Å². The number of hydrogen-bond donors (Lipinski definition) is 2. The van der Waals surface area contributed by atoms with Gasteiger partial charge in [-0.25, -0.2) is 13.1 Å². The number of aliphatic hydroxyl groups excluding tert-OH is 1. The van der Waals surface area contributed by atoms with Crippen molar-refractivity contribution in [1.82, 2.24) is 4.72 Å². The Morgan fingerprint density at radius 2 is 2.00 bits per heavy atom. The molecule has 0 heterocycles. The molecule has 4 nitrogen and oxygen atoms in total. The summed E-state index contributed by atoms with van der Waals surface area (Å²) in [6, 6.07) is 3.41. The van der Waals surface area contributed by atoms with E-state index in [1.165, 1.54) is 12.8 Å². The van der Waals surface area contributed by atoms with Crippen molar-refractivity contribution in [2.75, 3.05) is 0 Å². The predicted octanol–water partition coefficient (Wildman–Crippen LogP) is 2.65. The van der Waals surface area contributed by atoms with Crippen LogP contribution in [0.25, 0.3) is 0 Å². The number of aryl methyl sites for hydroxylation is 1. The van der Waals surface area contributed by atoms with Crippen molar-refractivity contribution in [3.05, 3.63) is 28.8 Å². The number of sulfonamides is 1. The minimum atomic E-state index is -3.54. The average molecular weight is 311 g/mol. The molecule has 1 aromatic rings. The van der Waals surface area contributed by atoms with Gasteiger partial charge in [0.2, 0.25) is 10.0 Å². The van der Waals surface area contributed by atoms with Crippen molar-refractivity contribution in [2.45, 2.75) is 64.0 Å². The highest BCUT2D eigenvalue weighted by Gasteiger charge is 2.28. The van der Waals surface area contributed by atoms with Crippen molar-refractivity contribution >= 4 is 10.0 Å². The number of rotatable bonds is 7. The molecule has 5 heteroatoms. The molecule has 0 aromatic heterocycles. The highest BCUT2D eigenvalue weighted by molar-refractivity contribution is 7.89. The van der Waals surface area contributed by atoms with E-state index in [1.807, 2.05) is 26.8 Å². The Balaban J connectivity index is 2.27. The van der Waals surface area contributed by atoms with Gasteiger partial charge < -0.3 is 5.11 Å². The van der Waals surface area contributed by atoms with E-state index in [0.717, 1.165) is 24.0 Å². The van der Waals surface area contributed by atoms with E-state index < -0.39 is 10.0 Å².